The molecule has 2 saturated heterocycles. The summed E-state index contributed by atoms with van der Waals surface area (Å²) < 4.78 is 30.0. The van der Waals surface area contributed by atoms with E-state index in [1.807, 2.05) is 13.8 Å². The van der Waals surface area contributed by atoms with Crippen LogP contribution in [0.25, 0.3) is 0 Å². The van der Waals surface area contributed by atoms with Gasteiger partial charge < -0.3 is 23.7 Å². The molecule has 43 heavy (non-hydrogen) atoms. The van der Waals surface area contributed by atoms with Crippen LogP contribution >= 0.6 is 0 Å². The van der Waals surface area contributed by atoms with E-state index >= 15 is 0 Å². The van der Waals surface area contributed by atoms with Crippen molar-refractivity contribution in [3.05, 3.63) is 0 Å². The van der Waals surface area contributed by atoms with Crippen LogP contribution in [0.1, 0.15) is 125 Å². The van der Waals surface area contributed by atoms with Gasteiger partial charge in [-0.1, -0.05) is 13.3 Å². The maximum atomic E-state index is 14.6. The standard InChI is InChI=1S/C34H50O9/c1-6-33(29(38)42-34(43-33)10-8-7-9-11-34)20-31(4,19-30(2,3)27(36)40-25-17-26(35)39-18-25)28(37)41-32(5)23-13-21-12-22(15-23)16-24(32)14-21/h21-25H,6-20H2,1-5H3. The van der Waals surface area contributed by atoms with Gasteiger partial charge in [-0.2, -0.15) is 0 Å². The molecule has 7 aliphatic rings. The van der Waals surface area contributed by atoms with E-state index in [4.69, 9.17) is 23.7 Å². The molecule has 0 aromatic heterocycles. The molecule has 240 valence electrons. The van der Waals surface area contributed by atoms with Gasteiger partial charge in [-0.15, -0.1) is 0 Å². The Hall–Kier alpha value is -2.16. The van der Waals surface area contributed by atoms with Crippen LogP contribution in [0.15, 0.2) is 0 Å². The summed E-state index contributed by atoms with van der Waals surface area (Å²) in [7, 11) is 0. The Morgan fingerprint density at radius 1 is 0.930 bits per heavy atom. The summed E-state index contributed by atoms with van der Waals surface area (Å²) in [6.45, 7) is 9.35. The number of hydrogen-bond donors (Lipinski definition) is 0. The van der Waals surface area contributed by atoms with Gasteiger partial charge in [0.25, 0.3) is 0 Å². The molecule has 0 N–H and O–H groups in total. The van der Waals surface area contributed by atoms with Gasteiger partial charge in [0.15, 0.2) is 5.60 Å². The zero-order valence-corrected chi connectivity index (χ0v) is 26.7. The maximum Gasteiger partial charge on any atom is 0.341 e. The Morgan fingerprint density at radius 2 is 1.56 bits per heavy atom. The van der Waals surface area contributed by atoms with E-state index in [0.717, 1.165) is 56.8 Å². The molecule has 4 bridgehead atoms. The van der Waals surface area contributed by atoms with E-state index in [1.165, 1.54) is 6.42 Å². The minimum atomic E-state index is -1.32. The molecule has 2 heterocycles. The number of hydrogen-bond acceptors (Lipinski definition) is 9. The number of esters is 4. The van der Waals surface area contributed by atoms with Crippen molar-refractivity contribution >= 4 is 23.9 Å². The summed E-state index contributed by atoms with van der Waals surface area (Å²) in [5, 5.41) is 0. The van der Waals surface area contributed by atoms with Crippen LogP contribution in [0.4, 0.5) is 0 Å². The highest BCUT2D eigenvalue weighted by Crippen LogP contribution is 2.60. The molecule has 5 saturated carbocycles. The average Bonchev–Trinajstić information content (AvgIpc) is 3.46. The molecule has 1 spiro atoms. The molecular weight excluding hydrogens is 552 g/mol. The highest BCUT2D eigenvalue weighted by atomic mass is 16.8. The third kappa shape index (κ3) is 5.50. The molecule has 7 rings (SSSR count). The van der Waals surface area contributed by atoms with Gasteiger partial charge in [0, 0.05) is 19.3 Å². The fourth-order valence-corrected chi connectivity index (χ4v) is 9.80. The SMILES string of the molecule is CCC1(CC(C)(CC(C)(C)C(=O)OC2COC(=O)C2)C(=O)OC2(C)C3CC4CC(C3)CC2C4)OC2(CCCCC2)OC1=O. The molecule has 9 heteroatoms. The Labute approximate surface area is 255 Å². The molecule has 0 radical (unpaired) electrons. The zero-order chi connectivity index (χ0) is 30.8. The number of cyclic esters (lactones) is 1. The van der Waals surface area contributed by atoms with Crippen molar-refractivity contribution in [2.45, 2.75) is 148 Å². The molecule has 2 aliphatic heterocycles. The van der Waals surface area contributed by atoms with Crippen LogP contribution in [0, 0.1) is 34.5 Å². The van der Waals surface area contributed by atoms with E-state index in [-0.39, 0.29) is 25.9 Å². The van der Waals surface area contributed by atoms with Gasteiger partial charge in [-0.25, -0.2) is 4.79 Å². The number of ether oxygens (including phenoxy) is 5. The van der Waals surface area contributed by atoms with E-state index in [1.54, 1.807) is 13.8 Å². The molecule has 0 aromatic rings. The van der Waals surface area contributed by atoms with Crippen molar-refractivity contribution < 1.29 is 42.9 Å². The highest BCUT2D eigenvalue weighted by Gasteiger charge is 2.63. The Kier molecular flexibility index (Phi) is 7.70. The van der Waals surface area contributed by atoms with Crippen molar-refractivity contribution in [2.75, 3.05) is 6.61 Å². The minimum Gasteiger partial charge on any atom is -0.462 e. The van der Waals surface area contributed by atoms with Crippen molar-refractivity contribution in [2.24, 2.45) is 34.5 Å². The molecule has 3 unspecified atom stereocenters. The molecular formula is C34H50O9. The minimum absolute atomic E-state index is 0.0188. The maximum absolute atomic E-state index is 14.6. The Morgan fingerprint density at radius 3 is 2.12 bits per heavy atom. The highest BCUT2D eigenvalue weighted by molar-refractivity contribution is 5.85. The van der Waals surface area contributed by atoms with Gasteiger partial charge in [0.1, 0.15) is 18.3 Å². The lowest BCUT2D eigenvalue weighted by molar-refractivity contribution is -0.225. The van der Waals surface area contributed by atoms with Crippen molar-refractivity contribution in [1.82, 2.24) is 0 Å². The zero-order valence-electron chi connectivity index (χ0n) is 26.7. The molecule has 5 aliphatic carbocycles. The normalized spacial score (nSPS) is 39.3. The van der Waals surface area contributed by atoms with Crippen LogP contribution in [0.5, 0.6) is 0 Å². The van der Waals surface area contributed by atoms with Crippen LogP contribution in [-0.4, -0.2) is 53.6 Å². The second-order valence-electron chi connectivity index (χ2n) is 15.9. The van der Waals surface area contributed by atoms with Gasteiger partial charge in [0.05, 0.1) is 17.3 Å². The lowest BCUT2D eigenvalue weighted by atomic mass is 9.50. The van der Waals surface area contributed by atoms with Crippen LogP contribution in [0.2, 0.25) is 0 Å². The van der Waals surface area contributed by atoms with E-state index in [9.17, 15) is 19.2 Å². The first kappa shape index (κ1) is 30.8. The fraction of sp³-hybridized carbons (Fsp3) is 0.882. The summed E-state index contributed by atoms with van der Waals surface area (Å²) in [5.74, 6) is -0.592. The van der Waals surface area contributed by atoms with Crippen molar-refractivity contribution in [3.8, 4) is 0 Å². The second kappa shape index (κ2) is 10.7. The van der Waals surface area contributed by atoms with E-state index in [0.29, 0.717) is 31.1 Å². The summed E-state index contributed by atoms with van der Waals surface area (Å²) in [6, 6.07) is 0. The Balaban J connectivity index is 1.28. The van der Waals surface area contributed by atoms with Crippen LogP contribution in [-0.2, 0) is 42.9 Å². The third-order valence-electron chi connectivity index (χ3n) is 11.9. The van der Waals surface area contributed by atoms with Gasteiger partial charge >= 0.3 is 23.9 Å². The lowest BCUT2D eigenvalue weighted by Gasteiger charge is -2.59. The molecule has 3 atom stereocenters. The van der Waals surface area contributed by atoms with Crippen molar-refractivity contribution in [1.29, 1.82) is 0 Å². The monoisotopic (exact) mass is 602 g/mol. The molecule has 9 nitrogen and oxygen atoms in total. The predicted octanol–water partition coefficient (Wildman–Crippen LogP) is 5.80. The van der Waals surface area contributed by atoms with Crippen molar-refractivity contribution in [3.63, 3.8) is 0 Å². The summed E-state index contributed by atoms with van der Waals surface area (Å²) in [5.41, 5.74) is -4.26. The first-order valence-corrected chi connectivity index (χ1v) is 16.7. The average molecular weight is 603 g/mol. The van der Waals surface area contributed by atoms with Gasteiger partial charge in [-0.05, 0) is 109 Å². The number of carbonyl (C=O) groups is 4. The Bertz CT molecular complexity index is 1120. The topological polar surface area (TPSA) is 114 Å². The summed E-state index contributed by atoms with van der Waals surface area (Å²) in [6.07, 6.45) is 9.69. The first-order valence-electron chi connectivity index (χ1n) is 16.7. The van der Waals surface area contributed by atoms with Crippen LogP contribution in [0.3, 0.4) is 0 Å². The second-order valence-corrected chi connectivity index (χ2v) is 15.9. The van der Waals surface area contributed by atoms with Gasteiger partial charge in [0.2, 0.25) is 5.79 Å². The predicted molar refractivity (Wildman–Crippen MR) is 154 cm³/mol. The van der Waals surface area contributed by atoms with E-state index < -0.39 is 57.8 Å². The van der Waals surface area contributed by atoms with Gasteiger partial charge in [-0.3, -0.25) is 14.4 Å². The number of carbonyl (C=O) groups excluding carboxylic acids is 4. The fourth-order valence-electron chi connectivity index (χ4n) is 9.80. The lowest BCUT2D eigenvalue weighted by Crippen LogP contribution is -2.59. The summed E-state index contributed by atoms with van der Waals surface area (Å²) in [4.78, 5) is 53.4. The molecule has 0 amide bonds. The largest absolute Gasteiger partial charge is 0.462 e. The first-order chi connectivity index (χ1) is 20.2. The van der Waals surface area contributed by atoms with E-state index in [2.05, 4.69) is 6.92 Å². The smallest absolute Gasteiger partial charge is 0.341 e. The summed E-state index contributed by atoms with van der Waals surface area (Å²) >= 11 is 0. The number of rotatable bonds is 9. The quantitative estimate of drug-likeness (QED) is 0.239. The third-order valence-corrected chi connectivity index (χ3v) is 11.9. The molecule has 0 aromatic carbocycles. The van der Waals surface area contributed by atoms with Crippen LogP contribution < -0.4 is 0 Å². The molecule has 7 fully saturated rings.